The first-order chi connectivity index (χ1) is 9.63. The van der Waals surface area contributed by atoms with E-state index in [1.165, 1.54) is 18.2 Å². The maximum Gasteiger partial charge on any atom is 0.282 e. The molecule has 1 amide bonds. The molecular weight excluding hydrogens is 280 g/mol. The molecule has 0 saturated carbocycles. The van der Waals surface area contributed by atoms with Gasteiger partial charge in [-0.25, -0.2) is 0 Å². The van der Waals surface area contributed by atoms with Crippen molar-refractivity contribution in [1.29, 1.82) is 0 Å². The highest BCUT2D eigenvalue weighted by Crippen LogP contribution is 2.22. The van der Waals surface area contributed by atoms with Crippen molar-refractivity contribution in [3.05, 3.63) is 69.8 Å². The zero-order valence-corrected chi connectivity index (χ0v) is 11.1. The lowest BCUT2D eigenvalue weighted by Gasteiger charge is -2.09. The lowest BCUT2D eigenvalue weighted by atomic mass is 10.1. The fraction of sp³-hybridized carbons (Fsp3) is 0.0714. The summed E-state index contributed by atoms with van der Waals surface area (Å²) >= 11 is 5.78. The number of nitrogens with one attached hydrogen (secondary N) is 1. The number of alkyl halides is 1. The predicted octanol–water partition coefficient (Wildman–Crippen LogP) is 3.59. The molecule has 0 spiro atoms. The highest BCUT2D eigenvalue weighted by atomic mass is 35.5. The van der Waals surface area contributed by atoms with E-state index in [2.05, 4.69) is 5.32 Å². The number of rotatable bonds is 4. The summed E-state index contributed by atoms with van der Waals surface area (Å²) in [5.74, 6) is -0.289. The molecule has 1 N–H and O–H groups in total. The second-order valence-electron chi connectivity index (χ2n) is 4.02. The van der Waals surface area contributed by atoms with Crippen molar-refractivity contribution in [3.8, 4) is 0 Å². The Hall–Kier alpha value is -2.40. The number of anilines is 1. The summed E-state index contributed by atoms with van der Waals surface area (Å²) in [4.78, 5) is 22.5. The van der Waals surface area contributed by atoms with E-state index in [9.17, 15) is 14.9 Å². The van der Waals surface area contributed by atoms with Crippen LogP contribution in [0.3, 0.4) is 0 Å². The van der Waals surface area contributed by atoms with Gasteiger partial charge in [0.05, 0.1) is 4.92 Å². The average molecular weight is 291 g/mol. The smallest absolute Gasteiger partial charge is 0.282 e. The Morgan fingerprint density at radius 3 is 2.50 bits per heavy atom. The molecular formula is C14H11ClN2O3. The van der Waals surface area contributed by atoms with E-state index in [1.807, 2.05) is 0 Å². The van der Waals surface area contributed by atoms with Gasteiger partial charge in [0.25, 0.3) is 11.6 Å². The molecule has 0 bridgehead atoms. The number of para-hydroxylation sites is 2. The van der Waals surface area contributed by atoms with Crippen molar-refractivity contribution in [2.24, 2.45) is 0 Å². The number of carbonyl (C=O) groups excluding carboxylic acids is 1. The SMILES string of the molecule is O=C(Nc1ccccc1CCl)c1ccccc1[N+](=O)[O-]. The monoisotopic (exact) mass is 290 g/mol. The molecule has 102 valence electrons. The van der Waals surface area contributed by atoms with Crippen molar-refractivity contribution in [2.45, 2.75) is 5.88 Å². The van der Waals surface area contributed by atoms with Crippen molar-refractivity contribution in [3.63, 3.8) is 0 Å². The molecule has 0 aromatic heterocycles. The Kier molecular flexibility index (Phi) is 4.32. The molecule has 20 heavy (non-hydrogen) atoms. The summed E-state index contributed by atoms with van der Waals surface area (Å²) in [6, 6.07) is 12.8. The van der Waals surface area contributed by atoms with Gasteiger partial charge < -0.3 is 5.32 Å². The maximum absolute atomic E-state index is 12.1. The van der Waals surface area contributed by atoms with Gasteiger partial charge in [0.15, 0.2) is 0 Å². The molecule has 2 aromatic rings. The number of carbonyl (C=O) groups is 1. The van der Waals surface area contributed by atoms with Crippen LogP contribution >= 0.6 is 11.6 Å². The van der Waals surface area contributed by atoms with E-state index in [0.717, 1.165) is 5.56 Å². The summed E-state index contributed by atoms with van der Waals surface area (Å²) in [6.07, 6.45) is 0. The molecule has 2 rings (SSSR count). The molecule has 0 saturated heterocycles. The Labute approximate surface area is 120 Å². The molecule has 0 fully saturated rings. The van der Waals surface area contributed by atoms with Gasteiger partial charge in [-0.15, -0.1) is 11.6 Å². The normalized spacial score (nSPS) is 10.1. The van der Waals surface area contributed by atoms with Gasteiger partial charge in [0.1, 0.15) is 5.56 Å². The maximum atomic E-state index is 12.1. The predicted molar refractivity (Wildman–Crippen MR) is 77.0 cm³/mol. The topological polar surface area (TPSA) is 72.2 Å². The van der Waals surface area contributed by atoms with Crippen molar-refractivity contribution in [1.82, 2.24) is 0 Å². The standard InChI is InChI=1S/C14H11ClN2O3/c15-9-10-5-1-3-7-12(10)16-14(18)11-6-2-4-8-13(11)17(19)20/h1-8H,9H2,(H,16,18). The first-order valence-electron chi connectivity index (χ1n) is 5.82. The third-order valence-corrected chi connectivity index (χ3v) is 3.04. The third-order valence-electron chi connectivity index (χ3n) is 2.75. The molecule has 0 radical (unpaired) electrons. The Balaban J connectivity index is 2.31. The molecule has 2 aromatic carbocycles. The Bertz CT molecular complexity index is 658. The van der Waals surface area contributed by atoms with Crippen LogP contribution in [0.25, 0.3) is 0 Å². The van der Waals surface area contributed by atoms with Crippen LogP contribution in [0.2, 0.25) is 0 Å². The lowest BCUT2D eigenvalue weighted by molar-refractivity contribution is -0.385. The van der Waals surface area contributed by atoms with E-state index in [4.69, 9.17) is 11.6 Å². The average Bonchev–Trinajstić information content (AvgIpc) is 2.47. The molecule has 0 aliphatic heterocycles. The number of amides is 1. The van der Waals surface area contributed by atoms with Crippen LogP contribution in [0.4, 0.5) is 11.4 Å². The second kappa shape index (κ2) is 6.16. The summed E-state index contributed by atoms with van der Waals surface area (Å²) in [7, 11) is 0. The summed E-state index contributed by atoms with van der Waals surface area (Å²) < 4.78 is 0. The van der Waals surface area contributed by atoms with Crippen LogP contribution in [-0.4, -0.2) is 10.8 Å². The zero-order chi connectivity index (χ0) is 14.5. The van der Waals surface area contributed by atoms with Crippen molar-refractivity contribution < 1.29 is 9.72 Å². The van der Waals surface area contributed by atoms with E-state index < -0.39 is 10.8 Å². The molecule has 0 atom stereocenters. The number of nitrogens with zero attached hydrogens (tertiary/aromatic N) is 1. The molecule has 0 aliphatic carbocycles. The van der Waals surface area contributed by atoms with Gasteiger partial charge in [0.2, 0.25) is 0 Å². The zero-order valence-electron chi connectivity index (χ0n) is 10.4. The highest BCUT2D eigenvalue weighted by molar-refractivity contribution is 6.17. The van der Waals surface area contributed by atoms with E-state index in [0.29, 0.717) is 5.69 Å². The minimum absolute atomic E-state index is 0.0156. The summed E-state index contributed by atoms with van der Waals surface area (Å²) in [5, 5.41) is 13.6. The Morgan fingerprint density at radius 1 is 1.15 bits per heavy atom. The Morgan fingerprint density at radius 2 is 1.80 bits per heavy atom. The van der Waals surface area contributed by atoms with Crippen LogP contribution in [0.15, 0.2) is 48.5 Å². The van der Waals surface area contributed by atoms with Crippen LogP contribution < -0.4 is 5.32 Å². The lowest BCUT2D eigenvalue weighted by Crippen LogP contribution is -2.14. The highest BCUT2D eigenvalue weighted by Gasteiger charge is 2.19. The number of nitro benzene ring substituents is 1. The second-order valence-corrected chi connectivity index (χ2v) is 4.29. The van der Waals surface area contributed by atoms with Crippen LogP contribution in [-0.2, 0) is 5.88 Å². The first kappa shape index (κ1) is 14.0. The fourth-order valence-electron chi connectivity index (χ4n) is 1.77. The number of hydrogen-bond donors (Lipinski definition) is 1. The summed E-state index contributed by atoms with van der Waals surface area (Å²) in [5.41, 5.74) is 1.09. The van der Waals surface area contributed by atoms with E-state index in [-0.39, 0.29) is 17.1 Å². The minimum Gasteiger partial charge on any atom is -0.321 e. The molecule has 5 nitrogen and oxygen atoms in total. The summed E-state index contributed by atoms with van der Waals surface area (Å²) in [6.45, 7) is 0. The number of hydrogen-bond acceptors (Lipinski definition) is 3. The van der Waals surface area contributed by atoms with Gasteiger partial charge in [-0.3, -0.25) is 14.9 Å². The van der Waals surface area contributed by atoms with Crippen molar-refractivity contribution >= 4 is 28.9 Å². The van der Waals surface area contributed by atoms with E-state index >= 15 is 0 Å². The van der Waals surface area contributed by atoms with Gasteiger partial charge in [0, 0.05) is 17.6 Å². The van der Waals surface area contributed by atoms with Crippen LogP contribution in [0.1, 0.15) is 15.9 Å². The number of nitro groups is 1. The third kappa shape index (κ3) is 2.95. The quantitative estimate of drug-likeness (QED) is 0.531. The number of halogens is 1. The first-order valence-corrected chi connectivity index (χ1v) is 6.35. The number of benzene rings is 2. The molecule has 0 aliphatic rings. The van der Waals surface area contributed by atoms with Gasteiger partial charge in [-0.2, -0.15) is 0 Å². The van der Waals surface area contributed by atoms with Gasteiger partial charge in [-0.05, 0) is 17.7 Å². The van der Waals surface area contributed by atoms with Gasteiger partial charge in [-0.1, -0.05) is 30.3 Å². The minimum atomic E-state index is -0.581. The molecule has 0 unspecified atom stereocenters. The largest absolute Gasteiger partial charge is 0.321 e. The molecule has 6 heteroatoms. The fourth-order valence-corrected chi connectivity index (χ4v) is 2.01. The van der Waals surface area contributed by atoms with Crippen LogP contribution in [0, 0.1) is 10.1 Å². The van der Waals surface area contributed by atoms with E-state index in [1.54, 1.807) is 30.3 Å². The van der Waals surface area contributed by atoms with Gasteiger partial charge >= 0.3 is 0 Å². The van der Waals surface area contributed by atoms with Crippen LogP contribution in [0.5, 0.6) is 0 Å². The van der Waals surface area contributed by atoms with Crippen molar-refractivity contribution in [2.75, 3.05) is 5.32 Å². The molecule has 0 heterocycles.